The van der Waals surface area contributed by atoms with Gasteiger partial charge in [0.05, 0.1) is 18.8 Å². The number of allylic oxidation sites excluding steroid dienone is 1. The molecule has 8 nitrogen and oxygen atoms in total. The summed E-state index contributed by atoms with van der Waals surface area (Å²) in [6.07, 6.45) is 2.97. The van der Waals surface area contributed by atoms with Crippen molar-refractivity contribution in [2.24, 2.45) is 0 Å². The number of ether oxygens (including phenoxy) is 2. The van der Waals surface area contributed by atoms with Crippen LogP contribution in [0.5, 0.6) is 11.5 Å². The first kappa shape index (κ1) is 18.8. The van der Waals surface area contributed by atoms with Crippen LogP contribution >= 0.6 is 0 Å². The monoisotopic (exact) mass is 372 g/mol. The quantitative estimate of drug-likeness (QED) is 0.721. The van der Waals surface area contributed by atoms with Crippen LogP contribution < -0.4 is 10.1 Å². The number of hydrogen-bond donors (Lipinski definition) is 2. The summed E-state index contributed by atoms with van der Waals surface area (Å²) in [7, 11) is 0. The van der Waals surface area contributed by atoms with Gasteiger partial charge in [-0.3, -0.25) is 0 Å². The van der Waals surface area contributed by atoms with Crippen LogP contribution in [0, 0.1) is 0 Å². The van der Waals surface area contributed by atoms with E-state index in [1.54, 1.807) is 29.8 Å². The largest absolute Gasteiger partial charge is 0.504 e. The molecule has 1 aliphatic rings. The molecule has 0 unspecified atom stereocenters. The SMILES string of the molecule is CCCC1=C(C(=O)OCC)[C@@H](c2ccc(O)c(OCC)c2)n2ncnc2N1. The summed E-state index contributed by atoms with van der Waals surface area (Å²) in [6, 6.07) is 4.51. The summed E-state index contributed by atoms with van der Waals surface area (Å²) in [6.45, 7) is 6.35. The average Bonchev–Trinajstić information content (AvgIpc) is 3.11. The molecule has 0 bridgehead atoms. The van der Waals surface area contributed by atoms with Crippen molar-refractivity contribution in [1.29, 1.82) is 0 Å². The van der Waals surface area contributed by atoms with E-state index in [-0.39, 0.29) is 12.4 Å². The first-order valence-corrected chi connectivity index (χ1v) is 9.13. The number of nitrogens with zero attached hydrogens (tertiary/aromatic N) is 3. The van der Waals surface area contributed by atoms with E-state index >= 15 is 0 Å². The maximum Gasteiger partial charge on any atom is 0.338 e. The van der Waals surface area contributed by atoms with Crippen molar-refractivity contribution >= 4 is 11.9 Å². The number of aromatic hydroxyl groups is 1. The van der Waals surface area contributed by atoms with Crippen molar-refractivity contribution < 1.29 is 19.4 Å². The van der Waals surface area contributed by atoms with Gasteiger partial charge in [0.2, 0.25) is 5.95 Å². The van der Waals surface area contributed by atoms with Crippen molar-refractivity contribution in [3.63, 3.8) is 0 Å². The molecule has 0 amide bonds. The number of carbonyl (C=O) groups is 1. The van der Waals surface area contributed by atoms with E-state index in [9.17, 15) is 9.90 Å². The minimum absolute atomic E-state index is 0.0452. The van der Waals surface area contributed by atoms with Gasteiger partial charge in [0.1, 0.15) is 12.4 Å². The maximum atomic E-state index is 12.8. The molecular weight excluding hydrogens is 348 g/mol. The summed E-state index contributed by atoms with van der Waals surface area (Å²) in [4.78, 5) is 17.1. The van der Waals surface area contributed by atoms with Gasteiger partial charge in [0.25, 0.3) is 0 Å². The molecule has 0 spiro atoms. The fourth-order valence-electron chi connectivity index (χ4n) is 3.19. The lowest BCUT2D eigenvalue weighted by Crippen LogP contribution is -2.30. The molecule has 27 heavy (non-hydrogen) atoms. The standard InChI is InChI=1S/C19H24N4O4/c1-4-7-13-16(18(25)27-6-3)17(23-19(22-13)20-11-21-23)12-8-9-14(24)15(10-12)26-5-2/h8-11,17,24H,4-7H2,1-3H3,(H,20,21,22)/t17-/m1/s1. The predicted octanol–water partition coefficient (Wildman–Crippen LogP) is 3.01. The van der Waals surface area contributed by atoms with Crippen LogP contribution in [0.2, 0.25) is 0 Å². The zero-order chi connectivity index (χ0) is 19.4. The number of rotatable bonds is 7. The van der Waals surface area contributed by atoms with Gasteiger partial charge < -0.3 is 19.9 Å². The number of anilines is 1. The van der Waals surface area contributed by atoms with Crippen LogP contribution in [0.25, 0.3) is 0 Å². The van der Waals surface area contributed by atoms with Gasteiger partial charge in [0, 0.05) is 5.70 Å². The first-order valence-electron chi connectivity index (χ1n) is 9.13. The molecule has 1 aromatic carbocycles. The highest BCUT2D eigenvalue weighted by molar-refractivity contribution is 5.92. The van der Waals surface area contributed by atoms with E-state index < -0.39 is 12.0 Å². The molecule has 0 saturated heterocycles. The number of phenols is 1. The Morgan fingerprint density at radius 2 is 2.11 bits per heavy atom. The minimum atomic E-state index is -0.524. The lowest BCUT2D eigenvalue weighted by atomic mass is 9.93. The topological polar surface area (TPSA) is 98.5 Å². The van der Waals surface area contributed by atoms with E-state index in [0.717, 1.165) is 17.7 Å². The molecular formula is C19H24N4O4. The molecule has 0 aliphatic carbocycles. The smallest absolute Gasteiger partial charge is 0.338 e. The van der Waals surface area contributed by atoms with Crippen molar-refractivity contribution in [3.05, 3.63) is 41.4 Å². The Hall–Kier alpha value is -3.03. The normalized spacial score (nSPS) is 15.9. The summed E-state index contributed by atoms with van der Waals surface area (Å²) in [5.74, 6) is 0.562. The molecule has 2 aromatic rings. The highest BCUT2D eigenvalue weighted by Gasteiger charge is 2.35. The maximum absolute atomic E-state index is 12.8. The second kappa shape index (κ2) is 8.11. The second-order valence-electron chi connectivity index (χ2n) is 6.08. The van der Waals surface area contributed by atoms with Crippen LogP contribution in [0.4, 0.5) is 5.95 Å². The minimum Gasteiger partial charge on any atom is -0.504 e. The van der Waals surface area contributed by atoms with Gasteiger partial charge >= 0.3 is 5.97 Å². The second-order valence-corrected chi connectivity index (χ2v) is 6.08. The van der Waals surface area contributed by atoms with Crippen LogP contribution in [0.3, 0.4) is 0 Å². The number of nitrogens with one attached hydrogen (secondary N) is 1. The fourth-order valence-corrected chi connectivity index (χ4v) is 3.19. The van der Waals surface area contributed by atoms with Gasteiger partial charge in [0.15, 0.2) is 11.5 Å². The van der Waals surface area contributed by atoms with Crippen LogP contribution in [0.1, 0.15) is 45.2 Å². The Morgan fingerprint density at radius 3 is 2.81 bits per heavy atom. The lowest BCUT2D eigenvalue weighted by Gasteiger charge is -2.29. The van der Waals surface area contributed by atoms with Crippen LogP contribution in [0.15, 0.2) is 35.8 Å². The van der Waals surface area contributed by atoms with Gasteiger partial charge in [-0.05, 0) is 38.0 Å². The molecule has 0 radical (unpaired) electrons. The molecule has 2 N–H and O–H groups in total. The summed E-state index contributed by atoms with van der Waals surface area (Å²) in [5, 5.41) is 17.5. The molecule has 1 aromatic heterocycles. The number of aromatic nitrogens is 3. The lowest BCUT2D eigenvalue weighted by molar-refractivity contribution is -0.139. The van der Waals surface area contributed by atoms with Crippen molar-refractivity contribution in [1.82, 2.24) is 14.8 Å². The Morgan fingerprint density at radius 1 is 1.30 bits per heavy atom. The number of benzene rings is 1. The number of phenolic OH excluding ortho intramolecular Hbond substituents is 1. The van der Waals surface area contributed by atoms with Crippen LogP contribution in [-0.2, 0) is 9.53 Å². The molecule has 1 atom stereocenters. The highest BCUT2D eigenvalue weighted by Crippen LogP contribution is 2.39. The zero-order valence-electron chi connectivity index (χ0n) is 15.7. The van der Waals surface area contributed by atoms with E-state index in [1.807, 2.05) is 13.8 Å². The number of hydrogen-bond acceptors (Lipinski definition) is 7. The van der Waals surface area contributed by atoms with Gasteiger partial charge in [-0.1, -0.05) is 19.4 Å². The summed E-state index contributed by atoms with van der Waals surface area (Å²) < 4.78 is 12.5. The van der Waals surface area contributed by atoms with Crippen molar-refractivity contribution in [2.75, 3.05) is 18.5 Å². The summed E-state index contributed by atoms with van der Waals surface area (Å²) >= 11 is 0. The van der Waals surface area contributed by atoms with Gasteiger partial charge in [-0.25, -0.2) is 9.48 Å². The van der Waals surface area contributed by atoms with Gasteiger partial charge in [-0.15, -0.1) is 0 Å². The first-order chi connectivity index (χ1) is 13.1. The summed E-state index contributed by atoms with van der Waals surface area (Å²) in [5.41, 5.74) is 2.01. The molecule has 2 heterocycles. The van der Waals surface area contributed by atoms with E-state index in [4.69, 9.17) is 9.47 Å². The Labute approximate surface area is 157 Å². The Balaban J connectivity index is 2.16. The van der Waals surface area contributed by atoms with E-state index in [2.05, 4.69) is 15.4 Å². The van der Waals surface area contributed by atoms with Crippen molar-refractivity contribution in [3.8, 4) is 11.5 Å². The third-order valence-electron chi connectivity index (χ3n) is 4.27. The van der Waals surface area contributed by atoms with E-state index in [1.165, 1.54) is 6.33 Å². The van der Waals surface area contributed by atoms with Crippen molar-refractivity contribution in [2.45, 2.75) is 39.7 Å². The fraction of sp³-hybridized carbons (Fsp3) is 0.421. The molecule has 0 saturated carbocycles. The number of fused-ring (bicyclic) bond motifs is 1. The molecule has 3 rings (SSSR count). The zero-order valence-corrected chi connectivity index (χ0v) is 15.7. The number of carbonyl (C=O) groups excluding carboxylic acids is 1. The Bertz CT molecular complexity index is 859. The highest BCUT2D eigenvalue weighted by atomic mass is 16.5. The van der Waals surface area contributed by atoms with E-state index in [0.29, 0.717) is 30.3 Å². The molecule has 144 valence electrons. The van der Waals surface area contributed by atoms with Crippen LogP contribution in [-0.4, -0.2) is 39.1 Å². The average molecular weight is 372 g/mol. The molecule has 0 fully saturated rings. The predicted molar refractivity (Wildman–Crippen MR) is 99.6 cm³/mol. The van der Waals surface area contributed by atoms with Gasteiger partial charge in [-0.2, -0.15) is 10.1 Å². The Kier molecular flexibility index (Phi) is 5.63. The third kappa shape index (κ3) is 3.60. The molecule has 8 heteroatoms. The molecule has 1 aliphatic heterocycles. The third-order valence-corrected chi connectivity index (χ3v) is 4.27. The number of esters is 1.